The average Bonchev–Trinajstić information content (AvgIpc) is 2.19. The SMILES string of the molecule is CC=CCSc1ccc(C(F)(F)F)cc1N. The number of halogens is 3. The molecule has 0 amide bonds. The molecule has 1 rings (SSSR count). The molecule has 0 spiro atoms. The zero-order chi connectivity index (χ0) is 12.2. The van der Waals surface area contributed by atoms with Gasteiger partial charge in [0.1, 0.15) is 0 Å². The predicted octanol–water partition coefficient (Wildman–Crippen LogP) is 3.96. The molecule has 1 aromatic rings. The summed E-state index contributed by atoms with van der Waals surface area (Å²) in [6.45, 7) is 1.89. The van der Waals surface area contributed by atoms with Crippen LogP contribution >= 0.6 is 11.8 Å². The van der Waals surface area contributed by atoms with Gasteiger partial charge in [0.25, 0.3) is 0 Å². The van der Waals surface area contributed by atoms with Crippen LogP contribution in [0.25, 0.3) is 0 Å². The highest BCUT2D eigenvalue weighted by Crippen LogP contribution is 2.34. The first-order valence-electron chi connectivity index (χ1n) is 4.66. The van der Waals surface area contributed by atoms with E-state index in [0.29, 0.717) is 10.6 Å². The molecule has 0 saturated carbocycles. The maximum Gasteiger partial charge on any atom is 0.416 e. The van der Waals surface area contributed by atoms with Gasteiger partial charge in [0.2, 0.25) is 0 Å². The number of thioether (sulfide) groups is 1. The number of anilines is 1. The quantitative estimate of drug-likeness (QED) is 0.497. The Morgan fingerprint density at radius 2 is 2.06 bits per heavy atom. The number of nitrogens with two attached hydrogens (primary N) is 1. The Bertz CT molecular complexity index is 385. The predicted molar refractivity (Wildman–Crippen MR) is 61.4 cm³/mol. The van der Waals surface area contributed by atoms with E-state index in [1.54, 1.807) is 0 Å². The van der Waals surface area contributed by atoms with Gasteiger partial charge in [-0.2, -0.15) is 13.2 Å². The van der Waals surface area contributed by atoms with E-state index in [2.05, 4.69) is 0 Å². The Morgan fingerprint density at radius 3 is 2.56 bits per heavy atom. The Kier molecular flexibility index (Phi) is 4.29. The molecule has 0 saturated heterocycles. The minimum Gasteiger partial charge on any atom is -0.398 e. The number of hydrogen-bond acceptors (Lipinski definition) is 2. The van der Waals surface area contributed by atoms with Crippen LogP contribution in [0.4, 0.5) is 18.9 Å². The lowest BCUT2D eigenvalue weighted by Crippen LogP contribution is -2.05. The molecule has 0 aromatic heterocycles. The molecule has 1 aromatic carbocycles. The van der Waals surface area contributed by atoms with Crippen LogP contribution in [0.2, 0.25) is 0 Å². The summed E-state index contributed by atoms with van der Waals surface area (Å²) in [5, 5.41) is 0. The van der Waals surface area contributed by atoms with Crippen molar-refractivity contribution in [3.63, 3.8) is 0 Å². The van der Waals surface area contributed by atoms with Gasteiger partial charge in [-0.05, 0) is 25.1 Å². The fraction of sp³-hybridized carbons (Fsp3) is 0.273. The summed E-state index contributed by atoms with van der Waals surface area (Å²) in [5.41, 5.74) is 5.02. The maximum atomic E-state index is 12.3. The lowest BCUT2D eigenvalue weighted by molar-refractivity contribution is -0.137. The third-order valence-corrected chi connectivity index (χ3v) is 2.95. The van der Waals surface area contributed by atoms with Crippen molar-refractivity contribution >= 4 is 17.4 Å². The van der Waals surface area contributed by atoms with E-state index in [-0.39, 0.29) is 5.69 Å². The van der Waals surface area contributed by atoms with Crippen LogP contribution in [0, 0.1) is 0 Å². The number of hydrogen-bond donors (Lipinski definition) is 1. The summed E-state index contributed by atoms with van der Waals surface area (Å²) in [4.78, 5) is 0.672. The molecule has 0 fully saturated rings. The molecule has 0 aliphatic carbocycles. The van der Waals surface area contributed by atoms with Gasteiger partial charge in [-0.25, -0.2) is 0 Å². The van der Waals surface area contributed by atoms with Crippen molar-refractivity contribution in [2.45, 2.75) is 18.0 Å². The van der Waals surface area contributed by atoms with Crippen LogP contribution in [-0.4, -0.2) is 5.75 Å². The second-order valence-electron chi connectivity index (χ2n) is 3.13. The molecule has 16 heavy (non-hydrogen) atoms. The van der Waals surface area contributed by atoms with Gasteiger partial charge in [-0.1, -0.05) is 12.2 Å². The van der Waals surface area contributed by atoms with Gasteiger partial charge >= 0.3 is 6.18 Å². The molecule has 0 aliphatic heterocycles. The first-order valence-corrected chi connectivity index (χ1v) is 5.64. The van der Waals surface area contributed by atoms with Crippen molar-refractivity contribution in [1.29, 1.82) is 0 Å². The normalized spacial score (nSPS) is 12.2. The third kappa shape index (κ3) is 3.48. The summed E-state index contributed by atoms with van der Waals surface area (Å²) in [5.74, 6) is 0.700. The summed E-state index contributed by atoms with van der Waals surface area (Å²) in [7, 11) is 0. The molecular formula is C11H12F3NS. The van der Waals surface area contributed by atoms with Crippen molar-refractivity contribution in [2.75, 3.05) is 11.5 Å². The largest absolute Gasteiger partial charge is 0.416 e. The van der Waals surface area contributed by atoms with Gasteiger partial charge in [-0.3, -0.25) is 0 Å². The van der Waals surface area contributed by atoms with E-state index < -0.39 is 11.7 Å². The van der Waals surface area contributed by atoms with E-state index >= 15 is 0 Å². The van der Waals surface area contributed by atoms with E-state index in [1.165, 1.54) is 17.8 Å². The monoisotopic (exact) mass is 247 g/mol. The lowest BCUT2D eigenvalue weighted by atomic mass is 10.2. The third-order valence-electron chi connectivity index (χ3n) is 1.91. The number of alkyl halides is 3. The Hall–Kier alpha value is -1.10. The fourth-order valence-electron chi connectivity index (χ4n) is 1.09. The lowest BCUT2D eigenvalue weighted by Gasteiger charge is -2.09. The van der Waals surface area contributed by atoms with Crippen LogP contribution in [-0.2, 0) is 6.18 Å². The smallest absolute Gasteiger partial charge is 0.398 e. The summed E-state index contributed by atoms with van der Waals surface area (Å²) >= 11 is 1.41. The average molecular weight is 247 g/mol. The minimum absolute atomic E-state index is 0.171. The van der Waals surface area contributed by atoms with E-state index in [9.17, 15) is 13.2 Å². The van der Waals surface area contributed by atoms with Crippen LogP contribution < -0.4 is 5.73 Å². The highest BCUT2D eigenvalue weighted by atomic mass is 32.2. The summed E-state index contributed by atoms with van der Waals surface area (Å²) < 4.78 is 37.0. The van der Waals surface area contributed by atoms with Gasteiger partial charge in [0.05, 0.1) is 5.56 Å². The Balaban J connectivity index is 2.83. The number of allylic oxidation sites excluding steroid dienone is 1. The summed E-state index contributed by atoms with van der Waals surface area (Å²) in [6.07, 6.45) is -0.532. The molecule has 0 radical (unpaired) electrons. The molecule has 0 bridgehead atoms. The van der Waals surface area contributed by atoms with Crippen molar-refractivity contribution in [2.24, 2.45) is 0 Å². The molecule has 0 heterocycles. The standard InChI is InChI=1S/C11H12F3NS/c1-2-3-6-16-10-5-4-8(7-9(10)15)11(12,13)14/h2-5,7H,6,15H2,1H3. The van der Waals surface area contributed by atoms with E-state index in [1.807, 2.05) is 19.1 Å². The zero-order valence-electron chi connectivity index (χ0n) is 8.71. The number of rotatable bonds is 3. The highest BCUT2D eigenvalue weighted by molar-refractivity contribution is 7.99. The second-order valence-corrected chi connectivity index (χ2v) is 4.19. The highest BCUT2D eigenvalue weighted by Gasteiger charge is 2.30. The fourth-order valence-corrected chi connectivity index (χ4v) is 1.95. The number of benzene rings is 1. The molecule has 5 heteroatoms. The first kappa shape index (κ1) is 13.0. The maximum absolute atomic E-state index is 12.3. The summed E-state index contributed by atoms with van der Waals surface area (Å²) in [6, 6.07) is 3.43. The van der Waals surface area contributed by atoms with Gasteiger partial charge in [0.15, 0.2) is 0 Å². The number of nitrogen functional groups attached to an aromatic ring is 1. The van der Waals surface area contributed by atoms with Crippen LogP contribution in [0.3, 0.4) is 0 Å². The molecule has 2 N–H and O–H groups in total. The molecule has 0 aliphatic rings. The molecular weight excluding hydrogens is 235 g/mol. The van der Waals surface area contributed by atoms with Crippen LogP contribution in [0.15, 0.2) is 35.2 Å². The van der Waals surface area contributed by atoms with Crippen LogP contribution in [0.5, 0.6) is 0 Å². The van der Waals surface area contributed by atoms with E-state index in [4.69, 9.17) is 5.73 Å². The van der Waals surface area contributed by atoms with Gasteiger partial charge < -0.3 is 5.73 Å². The van der Waals surface area contributed by atoms with Gasteiger partial charge in [0, 0.05) is 16.3 Å². The van der Waals surface area contributed by atoms with Crippen molar-refractivity contribution in [3.05, 3.63) is 35.9 Å². The molecule has 0 unspecified atom stereocenters. The second kappa shape index (κ2) is 5.30. The molecule has 88 valence electrons. The van der Waals surface area contributed by atoms with Crippen molar-refractivity contribution in [1.82, 2.24) is 0 Å². The Morgan fingerprint density at radius 1 is 1.38 bits per heavy atom. The topological polar surface area (TPSA) is 26.0 Å². The van der Waals surface area contributed by atoms with Gasteiger partial charge in [-0.15, -0.1) is 11.8 Å². The van der Waals surface area contributed by atoms with Crippen LogP contribution in [0.1, 0.15) is 12.5 Å². The molecule has 0 atom stereocenters. The first-order chi connectivity index (χ1) is 7.45. The van der Waals surface area contributed by atoms with E-state index in [0.717, 1.165) is 12.1 Å². The molecule has 1 nitrogen and oxygen atoms in total. The van der Waals surface area contributed by atoms with Crippen molar-refractivity contribution < 1.29 is 13.2 Å². The van der Waals surface area contributed by atoms with Crippen molar-refractivity contribution in [3.8, 4) is 0 Å². The minimum atomic E-state index is -4.33. The zero-order valence-corrected chi connectivity index (χ0v) is 9.53. The Labute approximate surface area is 96.5 Å².